The van der Waals surface area contributed by atoms with Crippen LogP contribution >= 0.6 is 0 Å². The van der Waals surface area contributed by atoms with Crippen molar-refractivity contribution in [2.24, 2.45) is 0 Å². The highest BCUT2D eigenvalue weighted by Gasteiger charge is 2.15. The van der Waals surface area contributed by atoms with Crippen molar-refractivity contribution in [3.05, 3.63) is 42.0 Å². The van der Waals surface area contributed by atoms with Crippen LogP contribution in [0.1, 0.15) is 57.4 Å². The molecule has 0 radical (unpaired) electrons. The van der Waals surface area contributed by atoms with Gasteiger partial charge < -0.3 is 5.11 Å². The van der Waals surface area contributed by atoms with Gasteiger partial charge in [0.2, 0.25) is 0 Å². The molecule has 0 spiro atoms. The van der Waals surface area contributed by atoms with E-state index < -0.39 is 0 Å². The Morgan fingerprint density at radius 3 is 2.71 bits per heavy atom. The summed E-state index contributed by atoms with van der Waals surface area (Å²) in [6.07, 6.45) is 5.99. The number of hydrogen-bond acceptors (Lipinski definition) is 3. The minimum atomic E-state index is 0.292. The van der Waals surface area contributed by atoms with Gasteiger partial charge in [0, 0.05) is 11.1 Å². The average molecular weight is 323 g/mol. The van der Waals surface area contributed by atoms with Crippen molar-refractivity contribution in [2.45, 2.75) is 51.9 Å². The van der Waals surface area contributed by atoms with Gasteiger partial charge in [-0.05, 0) is 42.5 Å². The van der Waals surface area contributed by atoms with E-state index in [2.05, 4.69) is 41.4 Å². The zero-order chi connectivity index (χ0) is 16.9. The van der Waals surface area contributed by atoms with Gasteiger partial charge in [0.05, 0.1) is 5.52 Å². The van der Waals surface area contributed by atoms with Crippen LogP contribution in [0, 0.1) is 0 Å². The molecule has 1 heterocycles. The number of phenolic OH excluding ortho intramolecular Hbond substituents is 1. The van der Waals surface area contributed by atoms with Gasteiger partial charge in [0.1, 0.15) is 11.3 Å². The number of nitrogens with zero attached hydrogens (tertiary/aromatic N) is 2. The molecule has 24 heavy (non-hydrogen) atoms. The summed E-state index contributed by atoms with van der Waals surface area (Å²) in [5, 5.41) is 21.4. The van der Waals surface area contributed by atoms with E-state index >= 15 is 0 Å². The molecule has 4 heteroatoms. The maximum absolute atomic E-state index is 10.4. The molecule has 1 atom stereocenters. The molecule has 1 aromatic heterocycles. The van der Waals surface area contributed by atoms with Crippen molar-refractivity contribution in [3.8, 4) is 16.9 Å². The summed E-state index contributed by atoms with van der Waals surface area (Å²) in [6.45, 7) is 4.47. The standard InChI is InChI=1S/C20H25N3O/c1-3-5-8-14(7-4-2)15-11-12-19(24)17(13-15)16-9-6-10-18-20(16)22-23-21-18/h6,9-14,24H,3-5,7-8H2,1-2H3,(H,21,22,23). The molecule has 126 valence electrons. The normalized spacial score (nSPS) is 12.6. The van der Waals surface area contributed by atoms with Crippen molar-refractivity contribution < 1.29 is 5.11 Å². The third kappa shape index (κ3) is 3.28. The number of unbranched alkanes of at least 4 members (excludes halogenated alkanes) is 1. The van der Waals surface area contributed by atoms with Crippen molar-refractivity contribution >= 4 is 11.0 Å². The SMILES string of the molecule is CCCCC(CCC)c1ccc(O)c(-c2cccc3[nH]nnc23)c1. The van der Waals surface area contributed by atoms with Gasteiger partial charge in [-0.3, -0.25) is 5.10 Å². The summed E-state index contributed by atoms with van der Waals surface area (Å²) in [4.78, 5) is 0. The molecule has 2 aromatic carbocycles. The minimum absolute atomic E-state index is 0.292. The Morgan fingerprint density at radius 2 is 1.92 bits per heavy atom. The molecule has 1 unspecified atom stereocenters. The van der Waals surface area contributed by atoms with Gasteiger partial charge in [-0.25, -0.2) is 0 Å². The third-order valence-corrected chi connectivity index (χ3v) is 4.68. The molecule has 0 amide bonds. The van der Waals surface area contributed by atoms with Gasteiger partial charge >= 0.3 is 0 Å². The Bertz CT molecular complexity index is 810. The number of aromatic amines is 1. The molecule has 0 aliphatic heterocycles. The van der Waals surface area contributed by atoms with E-state index in [9.17, 15) is 5.11 Å². The number of fused-ring (bicyclic) bond motifs is 1. The quantitative estimate of drug-likeness (QED) is 0.611. The fourth-order valence-corrected chi connectivity index (χ4v) is 3.39. The lowest BCUT2D eigenvalue weighted by molar-refractivity contribution is 0.476. The third-order valence-electron chi connectivity index (χ3n) is 4.68. The lowest BCUT2D eigenvalue weighted by Crippen LogP contribution is -1.99. The van der Waals surface area contributed by atoms with Crippen LogP contribution in [0.25, 0.3) is 22.2 Å². The monoisotopic (exact) mass is 323 g/mol. The highest BCUT2D eigenvalue weighted by Crippen LogP contribution is 2.37. The lowest BCUT2D eigenvalue weighted by Gasteiger charge is -2.18. The molecular formula is C20H25N3O. The zero-order valence-electron chi connectivity index (χ0n) is 14.4. The van der Waals surface area contributed by atoms with Gasteiger partial charge in [-0.1, -0.05) is 56.5 Å². The second kappa shape index (κ2) is 7.47. The van der Waals surface area contributed by atoms with E-state index in [0.717, 1.165) is 22.2 Å². The number of benzene rings is 2. The van der Waals surface area contributed by atoms with Crippen molar-refractivity contribution in [1.29, 1.82) is 0 Å². The molecular weight excluding hydrogens is 298 g/mol. The molecule has 2 N–H and O–H groups in total. The summed E-state index contributed by atoms with van der Waals surface area (Å²) in [5.74, 6) is 0.839. The first kappa shape index (κ1) is 16.5. The molecule has 3 rings (SSSR count). The lowest BCUT2D eigenvalue weighted by atomic mass is 9.87. The molecule has 0 aliphatic rings. The number of nitrogens with one attached hydrogen (secondary N) is 1. The van der Waals surface area contributed by atoms with Crippen molar-refractivity contribution in [1.82, 2.24) is 15.4 Å². The Kier molecular flexibility index (Phi) is 5.14. The Labute approximate surface area is 142 Å². The van der Waals surface area contributed by atoms with Crippen LogP contribution in [0.2, 0.25) is 0 Å². The Balaban J connectivity index is 2.04. The Morgan fingerprint density at radius 1 is 1.04 bits per heavy atom. The smallest absolute Gasteiger partial charge is 0.123 e. The summed E-state index contributed by atoms with van der Waals surface area (Å²) >= 11 is 0. The first-order valence-electron chi connectivity index (χ1n) is 8.87. The van der Waals surface area contributed by atoms with E-state index in [1.807, 2.05) is 24.3 Å². The topological polar surface area (TPSA) is 61.8 Å². The molecule has 0 aliphatic carbocycles. The zero-order valence-corrected chi connectivity index (χ0v) is 14.4. The molecule has 4 nitrogen and oxygen atoms in total. The van der Waals surface area contributed by atoms with E-state index in [1.165, 1.54) is 37.7 Å². The second-order valence-electron chi connectivity index (χ2n) is 6.42. The maximum atomic E-state index is 10.4. The largest absolute Gasteiger partial charge is 0.507 e. The van der Waals surface area contributed by atoms with Gasteiger partial charge in [0.25, 0.3) is 0 Å². The average Bonchev–Trinajstić information content (AvgIpc) is 3.08. The Hall–Kier alpha value is -2.36. The molecule has 0 fully saturated rings. The number of H-pyrrole nitrogens is 1. The summed E-state index contributed by atoms with van der Waals surface area (Å²) in [5.41, 5.74) is 4.74. The van der Waals surface area contributed by atoms with Crippen LogP contribution in [-0.4, -0.2) is 20.5 Å². The van der Waals surface area contributed by atoms with E-state index in [4.69, 9.17) is 0 Å². The van der Waals surface area contributed by atoms with Crippen LogP contribution in [0.3, 0.4) is 0 Å². The van der Waals surface area contributed by atoms with E-state index in [-0.39, 0.29) is 0 Å². The summed E-state index contributed by atoms with van der Waals surface area (Å²) < 4.78 is 0. The van der Waals surface area contributed by atoms with Crippen LogP contribution in [-0.2, 0) is 0 Å². The molecule has 0 saturated carbocycles. The highest BCUT2D eigenvalue weighted by atomic mass is 16.3. The van der Waals surface area contributed by atoms with Crippen LogP contribution < -0.4 is 0 Å². The fraction of sp³-hybridized carbons (Fsp3) is 0.400. The minimum Gasteiger partial charge on any atom is -0.507 e. The van der Waals surface area contributed by atoms with Gasteiger partial charge in [-0.15, -0.1) is 5.10 Å². The predicted molar refractivity (Wildman–Crippen MR) is 98.2 cm³/mol. The van der Waals surface area contributed by atoms with Gasteiger partial charge in [0.15, 0.2) is 0 Å². The fourth-order valence-electron chi connectivity index (χ4n) is 3.39. The van der Waals surface area contributed by atoms with Crippen molar-refractivity contribution in [2.75, 3.05) is 0 Å². The van der Waals surface area contributed by atoms with Crippen LogP contribution in [0.15, 0.2) is 36.4 Å². The van der Waals surface area contributed by atoms with Crippen LogP contribution in [0.5, 0.6) is 5.75 Å². The molecule has 0 saturated heterocycles. The maximum Gasteiger partial charge on any atom is 0.123 e. The van der Waals surface area contributed by atoms with Gasteiger partial charge in [-0.2, -0.15) is 0 Å². The summed E-state index contributed by atoms with van der Waals surface area (Å²) in [7, 11) is 0. The number of hydrogen-bond donors (Lipinski definition) is 2. The number of rotatable bonds is 7. The highest BCUT2D eigenvalue weighted by molar-refractivity contribution is 5.93. The molecule has 3 aromatic rings. The first-order valence-corrected chi connectivity index (χ1v) is 8.87. The van der Waals surface area contributed by atoms with E-state index in [0.29, 0.717) is 11.7 Å². The number of aromatic hydroxyl groups is 1. The molecule has 0 bridgehead atoms. The van der Waals surface area contributed by atoms with E-state index in [1.54, 1.807) is 0 Å². The number of aromatic nitrogens is 3. The summed E-state index contributed by atoms with van der Waals surface area (Å²) in [6, 6.07) is 11.9. The predicted octanol–water partition coefficient (Wildman–Crippen LogP) is 5.40. The first-order chi connectivity index (χ1) is 11.7. The van der Waals surface area contributed by atoms with Crippen LogP contribution in [0.4, 0.5) is 0 Å². The van der Waals surface area contributed by atoms with Crippen molar-refractivity contribution in [3.63, 3.8) is 0 Å². The second-order valence-corrected chi connectivity index (χ2v) is 6.42. The number of phenols is 1.